The summed E-state index contributed by atoms with van der Waals surface area (Å²) in [6.45, 7) is 13.1. The molecule has 0 aliphatic rings. The first-order chi connectivity index (χ1) is 12.3. The Balaban J connectivity index is 2.34. The minimum atomic E-state index is -0.385. The molecule has 6 nitrogen and oxygen atoms in total. The fourth-order valence-corrected chi connectivity index (χ4v) is 3.09. The Bertz CT molecular complexity index is 1120. The van der Waals surface area contributed by atoms with Gasteiger partial charge in [-0.2, -0.15) is 0 Å². The molecule has 0 bridgehead atoms. The average Bonchev–Trinajstić information content (AvgIpc) is 3.01. The van der Waals surface area contributed by atoms with E-state index in [0.717, 1.165) is 10.1 Å². The Kier molecular flexibility index (Phi) is 4.21. The van der Waals surface area contributed by atoms with Crippen LogP contribution in [-0.4, -0.2) is 19.1 Å². The van der Waals surface area contributed by atoms with E-state index < -0.39 is 0 Å². The van der Waals surface area contributed by atoms with E-state index in [1.165, 1.54) is 22.7 Å². The monoisotopic (exact) mass is 368 g/mol. The lowest BCUT2D eigenvalue weighted by Gasteiger charge is -2.26. The van der Waals surface area contributed by atoms with Crippen LogP contribution in [0.4, 0.5) is 0 Å². The Morgan fingerprint density at radius 1 is 0.852 bits per heavy atom. The quantitative estimate of drug-likeness (QED) is 0.717. The molecule has 144 valence electrons. The Morgan fingerprint density at radius 2 is 1.37 bits per heavy atom. The molecule has 0 atom stereocenters. The highest BCUT2D eigenvalue weighted by atomic mass is 16.2. The maximum absolute atomic E-state index is 12.5. The van der Waals surface area contributed by atoms with Gasteiger partial charge in [-0.1, -0.05) is 47.6 Å². The van der Waals surface area contributed by atoms with Crippen LogP contribution in [-0.2, 0) is 24.9 Å². The molecule has 1 aromatic carbocycles. The molecule has 0 saturated carbocycles. The summed E-state index contributed by atoms with van der Waals surface area (Å²) < 4.78 is 2.49. The Morgan fingerprint density at radius 3 is 1.85 bits per heavy atom. The van der Waals surface area contributed by atoms with Gasteiger partial charge in [0, 0.05) is 19.7 Å². The number of benzene rings is 1. The van der Waals surface area contributed by atoms with Crippen LogP contribution >= 0.6 is 0 Å². The molecular formula is C21H28N4O2. The summed E-state index contributed by atoms with van der Waals surface area (Å²) in [5, 5.41) is 0. The minimum absolute atomic E-state index is 0.0228. The zero-order valence-electron chi connectivity index (χ0n) is 17.4. The van der Waals surface area contributed by atoms with E-state index in [2.05, 4.69) is 69.7 Å². The molecule has 0 fully saturated rings. The number of aromatic amines is 1. The average molecular weight is 368 g/mol. The smallest absolute Gasteiger partial charge is 0.332 e. The van der Waals surface area contributed by atoms with E-state index in [9.17, 15) is 9.59 Å². The maximum Gasteiger partial charge on any atom is 0.332 e. The molecule has 6 heteroatoms. The van der Waals surface area contributed by atoms with E-state index in [-0.39, 0.29) is 22.1 Å². The van der Waals surface area contributed by atoms with Gasteiger partial charge < -0.3 is 4.98 Å². The maximum atomic E-state index is 12.5. The van der Waals surface area contributed by atoms with Crippen molar-refractivity contribution in [2.45, 2.75) is 52.4 Å². The molecule has 1 N–H and O–H groups in total. The van der Waals surface area contributed by atoms with Crippen LogP contribution in [0.25, 0.3) is 22.6 Å². The molecule has 0 amide bonds. The minimum Gasteiger partial charge on any atom is -0.332 e. The van der Waals surface area contributed by atoms with E-state index in [1.807, 2.05) is 0 Å². The standard InChI is InChI=1S/C21H28N4O2/c1-20(2,3)13-9-12(10-14(11-13)21(4,5)6)16-22-15-17(23-16)24(7)19(27)25(8)18(15)26/h9-11H,1-8H3,(H,22,23). The molecule has 2 heterocycles. The number of fused-ring (bicyclic) bond motifs is 1. The molecule has 3 aromatic rings. The summed E-state index contributed by atoms with van der Waals surface area (Å²) in [7, 11) is 3.10. The van der Waals surface area contributed by atoms with Crippen LogP contribution in [0.2, 0.25) is 0 Å². The summed E-state index contributed by atoms with van der Waals surface area (Å²) in [6.07, 6.45) is 0. The van der Waals surface area contributed by atoms with Crippen LogP contribution in [0.5, 0.6) is 0 Å². The number of aromatic nitrogens is 4. The van der Waals surface area contributed by atoms with E-state index in [0.29, 0.717) is 17.0 Å². The number of nitrogens with zero attached hydrogens (tertiary/aromatic N) is 3. The Labute approximate surface area is 158 Å². The van der Waals surface area contributed by atoms with E-state index in [4.69, 9.17) is 0 Å². The van der Waals surface area contributed by atoms with Gasteiger partial charge in [-0.05, 0) is 34.1 Å². The van der Waals surface area contributed by atoms with Crippen LogP contribution < -0.4 is 11.2 Å². The lowest BCUT2D eigenvalue weighted by molar-refractivity contribution is 0.569. The number of hydrogen-bond donors (Lipinski definition) is 1. The highest BCUT2D eigenvalue weighted by molar-refractivity contribution is 5.76. The van der Waals surface area contributed by atoms with Gasteiger partial charge in [-0.25, -0.2) is 9.78 Å². The predicted molar refractivity (Wildman–Crippen MR) is 109 cm³/mol. The fraction of sp³-hybridized carbons (Fsp3) is 0.476. The summed E-state index contributed by atoms with van der Waals surface area (Å²) in [4.78, 5) is 32.4. The van der Waals surface area contributed by atoms with Gasteiger partial charge in [0.15, 0.2) is 5.65 Å². The van der Waals surface area contributed by atoms with Crippen LogP contribution in [0.3, 0.4) is 0 Å². The van der Waals surface area contributed by atoms with Gasteiger partial charge >= 0.3 is 5.69 Å². The second kappa shape index (κ2) is 5.94. The number of nitrogens with one attached hydrogen (secondary N) is 1. The molecule has 0 unspecified atom stereocenters. The van der Waals surface area contributed by atoms with Crippen molar-refractivity contribution in [2.75, 3.05) is 0 Å². The molecule has 0 radical (unpaired) electrons. The number of H-pyrrole nitrogens is 1. The van der Waals surface area contributed by atoms with E-state index in [1.54, 1.807) is 7.05 Å². The molecule has 3 rings (SSSR count). The molecule has 0 aliphatic carbocycles. The lowest BCUT2D eigenvalue weighted by atomic mass is 9.79. The van der Waals surface area contributed by atoms with Gasteiger partial charge in [0.1, 0.15) is 11.3 Å². The van der Waals surface area contributed by atoms with Crippen molar-refractivity contribution < 1.29 is 0 Å². The fourth-order valence-electron chi connectivity index (χ4n) is 3.09. The third-order valence-corrected chi connectivity index (χ3v) is 5.03. The van der Waals surface area contributed by atoms with Crippen molar-refractivity contribution >= 4 is 11.2 Å². The molecule has 27 heavy (non-hydrogen) atoms. The van der Waals surface area contributed by atoms with Gasteiger partial charge in [0.05, 0.1) is 0 Å². The van der Waals surface area contributed by atoms with Crippen molar-refractivity contribution in [3.8, 4) is 11.4 Å². The van der Waals surface area contributed by atoms with Gasteiger partial charge in [-0.3, -0.25) is 13.9 Å². The number of rotatable bonds is 1. The Hall–Kier alpha value is -2.63. The predicted octanol–water partition coefficient (Wildman–Crippen LogP) is 3.22. The summed E-state index contributed by atoms with van der Waals surface area (Å²) >= 11 is 0. The summed E-state index contributed by atoms with van der Waals surface area (Å²) in [5.74, 6) is 0.597. The van der Waals surface area contributed by atoms with Crippen LogP contribution in [0.15, 0.2) is 27.8 Å². The second-order valence-corrected chi connectivity index (χ2v) is 9.29. The number of hydrogen-bond acceptors (Lipinski definition) is 3. The molecule has 0 aliphatic heterocycles. The third-order valence-electron chi connectivity index (χ3n) is 5.03. The largest absolute Gasteiger partial charge is 0.332 e. The van der Waals surface area contributed by atoms with Gasteiger partial charge in [-0.15, -0.1) is 0 Å². The summed E-state index contributed by atoms with van der Waals surface area (Å²) in [6, 6.07) is 6.45. The van der Waals surface area contributed by atoms with Crippen molar-refractivity contribution in [3.63, 3.8) is 0 Å². The van der Waals surface area contributed by atoms with E-state index >= 15 is 0 Å². The van der Waals surface area contributed by atoms with Crippen molar-refractivity contribution in [1.82, 2.24) is 19.1 Å². The normalized spacial score (nSPS) is 12.7. The van der Waals surface area contributed by atoms with Gasteiger partial charge in [0.2, 0.25) is 0 Å². The SMILES string of the molecule is Cn1c(=O)c2[nH]c(-c3cc(C(C)(C)C)cc(C(C)(C)C)c3)nc2n(C)c1=O. The first-order valence-corrected chi connectivity index (χ1v) is 9.13. The first kappa shape index (κ1) is 19.1. The van der Waals surface area contributed by atoms with Crippen molar-refractivity contribution in [2.24, 2.45) is 14.1 Å². The third kappa shape index (κ3) is 3.24. The highest BCUT2D eigenvalue weighted by Gasteiger charge is 2.22. The van der Waals surface area contributed by atoms with Crippen LogP contribution in [0, 0.1) is 0 Å². The zero-order valence-corrected chi connectivity index (χ0v) is 17.4. The van der Waals surface area contributed by atoms with Crippen molar-refractivity contribution in [1.29, 1.82) is 0 Å². The van der Waals surface area contributed by atoms with Crippen molar-refractivity contribution in [3.05, 3.63) is 50.2 Å². The van der Waals surface area contributed by atoms with Crippen LogP contribution in [0.1, 0.15) is 52.7 Å². The lowest BCUT2D eigenvalue weighted by Crippen LogP contribution is -2.36. The van der Waals surface area contributed by atoms with Gasteiger partial charge in [0.25, 0.3) is 5.56 Å². The second-order valence-electron chi connectivity index (χ2n) is 9.29. The molecule has 0 saturated heterocycles. The highest BCUT2D eigenvalue weighted by Crippen LogP contribution is 2.33. The zero-order chi connectivity index (χ0) is 20.3. The molecule has 0 spiro atoms. The first-order valence-electron chi connectivity index (χ1n) is 9.13. The molecule has 2 aromatic heterocycles. The number of imidazole rings is 1. The number of aryl methyl sites for hydroxylation is 1. The molecular weight excluding hydrogens is 340 g/mol. The summed E-state index contributed by atoms with van der Waals surface area (Å²) in [5.41, 5.74) is 3.23. The topological polar surface area (TPSA) is 72.7 Å².